The van der Waals surface area contributed by atoms with E-state index in [1.54, 1.807) is 0 Å². The third-order valence-corrected chi connectivity index (χ3v) is 2.52. The summed E-state index contributed by atoms with van der Waals surface area (Å²) < 4.78 is 10.7. The van der Waals surface area contributed by atoms with E-state index in [4.69, 9.17) is 14.6 Å². The lowest BCUT2D eigenvalue weighted by molar-refractivity contribution is -0.256. The first-order valence-corrected chi connectivity index (χ1v) is 5.43. The van der Waals surface area contributed by atoms with Gasteiger partial charge in [-0.25, -0.2) is 0 Å². The Morgan fingerprint density at radius 2 is 2.13 bits per heavy atom. The van der Waals surface area contributed by atoms with E-state index in [0.717, 1.165) is 12.8 Å². The monoisotopic (exact) mass is 220 g/mol. The lowest BCUT2D eigenvalue weighted by Gasteiger charge is -2.36. The van der Waals surface area contributed by atoms with Gasteiger partial charge < -0.3 is 24.8 Å². The molecule has 5 nitrogen and oxygen atoms in total. The van der Waals surface area contributed by atoms with Gasteiger partial charge in [0.05, 0.1) is 12.7 Å². The third-order valence-electron chi connectivity index (χ3n) is 2.52. The van der Waals surface area contributed by atoms with E-state index >= 15 is 0 Å². The quantitative estimate of drug-likeness (QED) is 0.551. The zero-order valence-electron chi connectivity index (χ0n) is 9.00. The number of aliphatic hydroxyl groups is 3. The van der Waals surface area contributed by atoms with Crippen molar-refractivity contribution in [2.75, 3.05) is 13.2 Å². The molecule has 1 fully saturated rings. The fourth-order valence-electron chi connectivity index (χ4n) is 1.53. The molecule has 0 saturated carbocycles. The van der Waals surface area contributed by atoms with Crippen LogP contribution in [-0.2, 0) is 9.47 Å². The van der Waals surface area contributed by atoms with Crippen LogP contribution in [0.3, 0.4) is 0 Å². The molecule has 1 unspecified atom stereocenters. The van der Waals surface area contributed by atoms with Crippen LogP contribution in [0.4, 0.5) is 0 Å². The van der Waals surface area contributed by atoms with Gasteiger partial charge in [0.1, 0.15) is 12.2 Å². The molecular formula is C10H20O5. The van der Waals surface area contributed by atoms with Crippen molar-refractivity contribution in [1.82, 2.24) is 0 Å². The maximum absolute atomic E-state index is 9.49. The minimum absolute atomic E-state index is 0.251. The molecule has 1 saturated heterocycles. The summed E-state index contributed by atoms with van der Waals surface area (Å²) in [5.74, 6) is 0. The molecule has 0 aromatic heterocycles. The Bertz CT molecular complexity index is 175. The van der Waals surface area contributed by atoms with Gasteiger partial charge in [-0.2, -0.15) is 0 Å². The van der Waals surface area contributed by atoms with Crippen molar-refractivity contribution in [3.05, 3.63) is 0 Å². The van der Waals surface area contributed by atoms with Gasteiger partial charge in [0.15, 0.2) is 6.29 Å². The highest BCUT2D eigenvalue weighted by Crippen LogP contribution is 2.21. The first kappa shape index (κ1) is 12.9. The fourth-order valence-corrected chi connectivity index (χ4v) is 1.53. The Balaban J connectivity index is 2.34. The summed E-state index contributed by atoms with van der Waals surface area (Å²) >= 11 is 0. The van der Waals surface area contributed by atoms with Crippen LogP contribution in [-0.4, -0.2) is 53.1 Å². The van der Waals surface area contributed by atoms with Crippen molar-refractivity contribution in [2.24, 2.45) is 0 Å². The van der Waals surface area contributed by atoms with Gasteiger partial charge in [-0.3, -0.25) is 0 Å². The average Bonchev–Trinajstić information content (AvgIpc) is 2.23. The van der Waals surface area contributed by atoms with Gasteiger partial charge in [-0.1, -0.05) is 13.3 Å². The second-order valence-corrected chi connectivity index (χ2v) is 3.80. The van der Waals surface area contributed by atoms with Crippen LogP contribution in [0.25, 0.3) is 0 Å². The highest BCUT2D eigenvalue weighted by Gasteiger charge is 2.36. The third kappa shape index (κ3) is 3.70. The van der Waals surface area contributed by atoms with Crippen LogP contribution in [0.15, 0.2) is 0 Å². The highest BCUT2D eigenvalue weighted by atomic mass is 16.7. The van der Waals surface area contributed by atoms with E-state index in [1.807, 2.05) is 0 Å². The van der Waals surface area contributed by atoms with Crippen molar-refractivity contribution < 1.29 is 24.8 Å². The van der Waals surface area contributed by atoms with E-state index in [1.165, 1.54) is 0 Å². The Morgan fingerprint density at radius 3 is 2.73 bits per heavy atom. The van der Waals surface area contributed by atoms with Crippen molar-refractivity contribution in [3.63, 3.8) is 0 Å². The molecule has 1 aliphatic heterocycles. The predicted octanol–water partition coefficient (Wildman–Crippen LogP) is -0.368. The average molecular weight is 220 g/mol. The van der Waals surface area contributed by atoms with Crippen molar-refractivity contribution >= 4 is 0 Å². The molecule has 1 heterocycles. The summed E-state index contributed by atoms with van der Waals surface area (Å²) in [5, 5.41) is 27.8. The number of hydrogen-bond donors (Lipinski definition) is 3. The van der Waals surface area contributed by atoms with Crippen LogP contribution < -0.4 is 0 Å². The Hall–Kier alpha value is -0.200. The van der Waals surface area contributed by atoms with Crippen LogP contribution >= 0.6 is 0 Å². The summed E-state index contributed by atoms with van der Waals surface area (Å²) in [6.45, 7) is 2.31. The second-order valence-electron chi connectivity index (χ2n) is 3.80. The molecule has 90 valence electrons. The topological polar surface area (TPSA) is 79.2 Å². The first-order chi connectivity index (χ1) is 7.19. The van der Waals surface area contributed by atoms with E-state index in [2.05, 4.69) is 6.92 Å². The van der Waals surface area contributed by atoms with Crippen molar-refractivity contribution in [3.8, 4) is 0 Å². The van der Waals surface area contributed by atoms with Crippen LogP contribution in [0.1, 0.15) is 26.2 Å². The maximum atomic E-state index is 9.49. The summed E-state index contributed by atoms with van der Waals surface area (Å²) in [4.78, 5) is 0. The second kappa shape index (κ2) is 6.40. The number of unbranched alkanes of at least 4 members (excludes halogenated alkanes) is 1. The molecule has 0 radical (unpaired) electrons. The predicted molar refractivity (Wildman–Crippen MR) is 53.2 cm³/mol. The molecule has 1 aliphatic rings. The van der Waals surface area contributed by atoms with E-state index in [-0.39, 0.29) is 13.0 Å². The molecule has 15 heavy (non-hydrogen) atoms. The fraction of sp³-hybridized carbons (Fsp3) is 1.00. The first-order valence-electron chi connectivity index (χ1n) is 5.43. The summed E-state index contributed by atoms with van der Waals surface area (Å²) in [5.41, 5.74) is 0. The van der Waals surface area contributed by atoms with E-state index in [9.17, 15) is 10.2 Å². The molecule has 3 N–H and O–H groups in total. The lowest BCUT2D eigenvalue weighted by atomic mass is 10.0. The standard InChI is InChI=1S/C10H20O5/c1-2-3-4-14-9-5-7(12)10(13)8(6-11)15-9/h7-13H,2-6H2,1H3/t7-,8-,9?,10-/m0/s1. The van der Waals surface area contributed by atoms with Crippen molar-refractivity contribution in [2.45, 2.75) is 50.8 Å². The Labute approximate surface area is 89.6 Å². The van der Waals surface area contributed by atoms with Gasteiger partial charge in [0, 0.05) is 13.0 Å². The molecule has 1 rings (SSSR count). The van der Waals surface area contributed by atoms with Crippen LogP contribution in [0.2, 0.25) is 0 Å². The number of rotatable bonds is 5. The summed E-state index contributed by atoms with van der Waals surface area (Å²) in [6, 6.07) is 0. The zero-order chi connectivity index (χ0) is 11.3. The Kier molecular flexibility index (Phi) is 5.49. The molecule has 0 aliphatic carbocycles. The Morgan fingerprint density at radius 1 is 1.40 bits per heavy atom. The molecule has 0 amide bonds. The summed E-state index contributed by atoms with van der Waals surface area (Å²) in [7, 11) is 0. The number of aliphatic hydroxyl groups excluding tert-OH is 3. The van der Waals surface area contributed by atoms with Crippen LogP contribution in [0, 0.1) is 0 Å². The molecule has 0 spiro atoms. The van der Waals surface area contributed by atoms with Gasteiger partial charge in [0.25, 0.3) is 0 Å². The van der Waals surface area contributed by atoms with Gasteiger partial charge in [0.2, 0.25) is 0 Å². The number of hydrogen-bond acceptors (Lipinski definition) is 5. The zero-order valence-corrected chi connectivity index (χ0v) is 9.00. The molecule has 5 heteroatoms. The summed E-state index contributed by atoms with van der Waals surface area (Å²) in [6.07, 6.45) is -0.971. The normalized spacial score (nSPS) is 36.8. The SMILES string of the molecule is CCCCOC1C[C@H](O)[C@H](O)[C@H](CO)O1. The largest absolute Gasteiger partial charge is 0.394 e. The molecule has 0 aromatic rings. The maximum Gasteiger partial charge on any atom is 0.160 e. The van der Waals surface area contributed by atoms with Gasteiger partial charge in [-0.05, 0) is 6.42 Å². The highest BCUT2D eigenvalue weighted by molar-refractivity contribution is 4.82. The van der Waals surface area contributed by atoms with Crippen molar-refractivity contribution in [1.29, 1.82) is 0 Å². The molecule has 0 aromatic carbocycles. The van der Waals surface area contributed by atoms with E-state index in [0.29, 0.717) is 6.61 Å². The smallest absolute Gasteiger partial charge is 0.160 e. The van der Waals surface area contributed by atoms with Gasteiger partial charge >= 0.3 is 0 Å². The minimum atomic E-state index is -1.03. The van der Waals surface area contributed by atoms with Gasteiger partial charge in [-0.15, -0.1) is 0 Å². The number of ether oxygens (including phenoxy) is 2. The van der Waals surface area contributed by atoms with E-state index < -0.39 is 24.6 Å². The lowest BCUT2D eigenvalue weighted by Crippen LogP contribution is -2.50. The molecular weight excluding hydrogens is 200 g/mol. The molecule has 4 atom stereocenters. The van der Waals surface area contributed by atoms with Crippen LogP contribution in [0.5, 0.6) is 0 Å². The molecule has 0 bridgehead atoms. The minimum Gasteiger partial charge on any atom is -0.394 e.